The summed E-state index contributed by atoms with van der Waals surface area (Å²) in [5.41, 5.74) is 3.53. The van der Waals surface area contributed by atoms with Crippen LogP contribution in [-0.2, 0) is 11.2 Å². The smallest absolute Gasteiger partial charge is 0.410 e. The van der Waals surface area contributed by atoms with Crippen molar-refractivity contribution in [1.29, 1.82) is 0 Å². The van der Waals surface area contributed by atoms with E-state index in [0.717, 1.165) is 32.4 Å². The topological polar surface area (TPSA) is 29.5 Å². The summed E-state index contributed by atoms with van der Waals surface area (Å²) >= 11 is 0. The van der Waals surface area contributed by atoms with E-state index in [1.807, 2.05) is 25.7 Å². The molecule has 3 heteroatoms. The fourth-order valence-electron chi connectivity index (χ4n) is 3.64. The molecule has 0 radical (unpaired) electrons. The van der Waals surface area contributed by atoms with Gasteiger partial charge in [-0.2, -0.15) is 0 Å². The van der Waals surface area contributed by atoms with E-state index in [9.17, 15) is 4.79 Å². The zero-order valence-corrected chi connectivity index (χ0v) is 16.8. The number of amides is 1. The number of nitrogens with zero attached hydrogens (tertiary/aromatic N) is 1. The van der Waals surface area contributed by atoms with Gasteiger partial charge in [0.15, 0.2) is 0 Å². The van der Waals surface area contributed by atoms with Crippen molar-refractivity contribution in [3.8, 4) is 11.1 Å². The minimum atomic E-state index is -0.419. The Bertz CT molecular complexity index is 740. The van der Waals surface area contributed by atoms with Crippen molar-refractivity contribution in [3.05, 3.63) is 60.2 Å². The summed E-state index contributed by atoms with van der Waals surface area (Å²) in [7, 11) is 0. The summed E-state index contributed by atoms with van der Waals surface area (Å²) in [5.74, 6) is 0.684. The molecule has 3 nitrogen and oxygen atoms in total. The number of rotatable bonds is 4. The molecule has 1 heterocycles. The molecule has 2 aromatic rings. The predicted molar refractivity (Wildman–Crippen MR) is 111 cm³/mol. The van der Waals surface area contributed by atoms with Gasteiger partial charge in [0.25, 0.3) is 0 Å². The van der Waals surface area contributed by atoms with Crippen LogP contribution in [0.4, 0.5) is 4.79 Å². The Labute approximate surface area is 163 Å². The number of piperidine rings is 1. The molecule has 0 aliphatic carbocycles. The maximum atomic E-state index is 12.2. The maximum absolute atomic E-state index is 12.2. The van der Waals surface area contributed by atoms with E-state index in [-0.39, 0.29) is 6.09 Å². The first-order chi connectivity index (χ1) is 12.9. The molecule has 0 atom stereocenters. The second-order valence-electron chi connectivity index (χ2n) is 8.52. The van der Waals surface area contributed by atoms with Crippen LogP contribution in [0.3, 0.4) is 0 Å². The fraction of sp³-hybridized carbons (Fsp3) is 0.458. The molecule has 3 rings (SSSR count). The average Bonchev–Trinajstić information content (AvgIpc) is 2.66. The second kappa shape index (κ2) is 8.60. The molecule has 27 heavy (non-hydrogen) atoms. The first-order valence-corrected chi connectivity index (χ1v) is 10.0. The van der Waals surface area contributed by atoms with Crippen molar-refractivity contribution >= 4 is 6.09 Å². The Balaban J connectivity index is 1.49. The zero-order chi connectivity index (χ0) is 19.3. The molecule has 2 aromatic carbocycles. The largest absolute Gasteiger partial charge is 0.444 e. The third-order valence-corrected chi connectivity index (χ3v) is 5.14. The Morgan fingerprint density at radius 1 is 1.00 bits per heavy atom. The molecule has 0 bridgehead atoms. The number of carbonyl (C=O) groups is 1. The highest BCUT2D eigenvalue weighted by Crippen LogP contribution is 2.25. The monoisotopic (exact) mass is 365 g/mol. The summed E-state index contributed by atoms with van der Waals surface area (Å²) in [5, 5.41) is 0. The molecular formula is C24H31NO2. The highest BCUT2D eigenvalue weighted by molar-refractivity contribution is 5.68. The minimum absolute atomic E-state index is 0.170. The number of aryl methyl sites for hydroxylation is 1. The maximum Gasteiger partial charge on any atom is 0.410 e. The molecule has 0 aromatic heterocycles. The van der Waals surface area contributed by atoms with Crippen LogP contribution in [0, 0.1) is 5.92 Å². The predicted octanol–water partition coefficient (Wildman–Crippen LogP) is 5.93. The Hall–Kier alpha value is -2.29. The lowest BCUT2D eigenvalue weighted by atomic mass is 9.90. The Kier molecular flexibility index (Phi) is 6.20. The number of hydrogen-bond donors (Lipinski definition) is 0. The lowest BCUT2D eigenvalue weighted by Gasteiger charge is -2.33. The summed E-state index contributed by atoms with van der Waals surface area (Å²) in [6.45, 7) is 7.37. The van der Waals surface area contributed by atoms with Gasteiger partial charge in [0, 0.05) is 13.1 Å². The molecule has 1 saturated heterocycles. The summed E-state index contributed by atoms with van der Waals surface area (Å²) in [6.07, 6.45) is 4.24. The van der Waals surface area contributed by atoms with Crippen molar-refractivity contribution in [1.82, 2.24) is 4.90 Å². The van der Waals surface area contributed by atoms with Crippen LogP contribution < -0.4 is 0 Å². The second-order valence-corrected chi connectivity index (χ2v) is 8.52. The van der Waals surface area contributed by atoms with Crippen LogP contribution >= 0.6 is 0 Å². The van der Waals surface area contributed by atoms with Gasteiger partial charge in [-0.05, 0) is 69.1 Å². The van der Waals surface area contributed by atoms with Crippen LogP contribution in [0.5, 0.6) is 0 Å². The lowest BCUT2D eigenvalue weighted by molar-refractivity contribution is 0.0181. The Morgan fingerprint density at radius 3 is 2.33 bits per heavy atom. The van der Waals surface area contributed by atoms with Crippen LogP contribution in [0.1, 0.15) is 45.6 Å². The van der Waals surface area contributed by atoms with Crippen molar-refractivity contribution in [2.75, 3.05) is 13.1 Å². The highest BCUT2D eigenvalue weighted by Gasteiger charge is 2.26. The molecule has 1 aliphatic heterocycles. The van der Waals surface area contributed by atoms with Gasteiger partial charge in [0.05, 0.1) is 0 Å². The van der Waals surface area contributed by atoms with Gasteiger partial charge in [-0.3, -0.25) is 0 Å². The van der Waals surface area contributed by atoms with E-state index in [2.05, 4.69) is 54.6 Å². The van der Waals surface area contributed by atoms with Gasteiger partial charge in [-0.1, -0.05) is 54.6 Å². The van der Waals surface area contributed by atoms with E-state index in [1.54, 1.807) is 0 Å². The van der Waals surface area contributed by atoms with Crippen LogP contribution in [-0.4, -0.2) is 29.7 Å². The number of ether oxygens (including phenoxy) is 1. The highest BCUT2D eigenvalue weighted by atomic mass is 16.6. The quantitative estimate of drug-likeness (QED) is 0.672. The fourth-order valence-corrected chi connectivity index (χ4v) is 3.64. The van der Waals surface area contributed by atoms with Crippen LogP contribution in [0.25, 0.3) is 11.1 Å². The third kappa shape index (κ3) is 5.85. The number of likely N-dealkylation sites (tertiary alicyclic amines) is 1. The van der Waals surface area contributed by atoms with Crippen molar-refractivity contribution in [2.24, 2.45) is 5.92 Å². The molecular weight excluding hydrogens is 334 g/mol. The molecule has 1 amide bonds. The van der Waals surface area contributed by atoms with E-state index >= 15 is 0 Å². The SMILES string of the molecule is CC(C)(C)OC(=O)N1CCC(CCc2cccc(-c3ccccc3)c2)CC1. The van der Waals surface area contributed by atoms with Crippen molar-refractivity contribution < 1.29 is 9.53 Å². The van der Waals surface area contributed by atoms with Gasteiger partial charge in [-0.25, -0.2) is 4.79 Å². The first-order valence-electron chi connectivity index (χ1n) is 10.0. The summed E-state index contributed by atoms with van der Waals surface area (Å²) in [6, 6.07) is 19.4. The average molecular weight is 366 g/mol. The number of carbonyl (C=O) groups excluding carboxylic acids is 1. The number of benzene rings is 2. The van der Waals surface area contributed by atoms with Crippen molar-refractivity contribution in [2.45, 2.75) is 52.1 Å². The molecule has 1 aliphatic rings. The number of hydrogen-bond acceptors (Lipinski definition) is 2. The standard InChI is InChI=1S/C24H31NO2/c1-24(2,3)27-23(26)25-16-14-19(15-17-25)12-13-20-8-7-11-22(18-20)21-9-5-4-6-10-21/h4-11,18-19H,12-17H2,1-3H3. The van der Waals surface area contributed by atoms with E-state index in [4.69, 9.17) is 4.74 Å². The molecule has 0 unspecified atom stereocenters. The minimum Gasteiger partial charge on any atom is -0.444 e. The molecule has 0 saturated carbocycles. The third-order valence-electron chi connectivity index (χ3n) is 5.14. The van der Waals surface area contributed by atoms with E-state index < -0.39 is 5.60 Å². The van der Waals surface area contributed by atoms with Gasteiger partial charge in [-0.15, -0.1) is 0 Å². The summed E-state index contributed by atoms with van der Waals surface area (Å²) < 4.78 is 5.48. The van der Waals surface area contributed by atoms with E-state index in [1.165, 1.54) is 23.1 Å². The van der Waals surface area contributed by atoms with E-state index in [0.29, 0.717) is 5.92 Å². The van der Waals surface area contributed by atoms with Gasteiger partial charge in [0.2, 0.25) is 0 Å². The van der Waals surface area contributed by atoms with Gasteiger partial charge < -0.3 is 9.64 Å². The molecule has 1 fully saturated rings. The van der Waals surface area contributed by atoms with Crippen molar-refractivity contribution in [3.63, 3.8) is 0 Å². The summed E-state index contributed by atoms with van der Waals surface area (Å²) in [4.78, 5) is 14.0. The lowest BCUT2D eigenvalue weighted by Crippen LogP contribution is -2.41. The normalized spacial score (nSPS) is 15.6. The van der Waals surface area contributed by atoms with Crippen LogP contribution in [0.15, 0.2) is 54.6 Å². The molecule has 0 spiro atoms. The zero-order valence-electron chi connectivity index (χ0n) is 16.8. The molecule has 0 N–H and O–H groups in total. The van der Waals surface area contributed by atoms with Gasteiger partial charge >= 0.3 is 6.09 Å². The van der Waals surface area contributed by atoms with Crippen LogP contribution in [0.2, 0.25) is 0 Å². The Morgan fingerprint density at radius 2 is 1.67 bits per heavy atom. The first kappa shape index (κ1) is 19.5. The molecule has 144 valence electrons. The van der Waals surface area contributed by atoms with Gasteiger partial charge in [0.1, 0.15) is 5.60 Å².